The lowest BCUT2D eigenvalue weighted by molar-refractivity contribution is -0.126. The molecule has 0 aromatic heterocycles. The third-order valence-corrected chi connectivity index (χ3v) is 6.20. The van der Waals surface area contributed by atoms with Crippen molar-refractivity contribution in [1.82, 2.24) is 10.2 Å². The Morgan fingerprint density at radius 1 is 1.03 bits per heavy atom. The Morgan fingerprint density at radius 2 is 1.79 bits per heavy atom. The minimum absolute atomic E-state index is 0.0828. The van der Waals surface area contributed by atoms with Crippen LogP contribution in [0.1, 0.15) is 30.4 Å². The fourth-order valence-electron chi connectivity index (χ4n) is 4.49. The number of nitrogens with one attached hydrogen (secondary N) is 1. The SMILES string of the molecule is O=C(NCCCN1CCc2ccccc21)C1CCN(Cc2ccccc2F)CC1. The number of likely N-dealkylation sites (tertiary alicyclic amines) is 1. The van der Waals surface area contributed by atoms with Crippen molar-refractivity contribution in [3.8, 4) is 0 Å². The van der Waals surface area contributed by atoms with Crippen LogP contribution in [0.4, 0.5) is 10.1 Å². The van der Waals surface area contributed by atoms with Crippen molar-refractivity contribution in [3.63, 3.8) is 0 Å². The van der Waals surface area contributed by atoms with Crippen LogP contribution >= 0.6 is 0 Å². The molecule has 4 rings (SSSR count). The first kappa shape index (κ1) is 19.9. The van der Waals surface area contributed by atoms with Crippen molar-refractivity contribution in [2.45, 2.75) is 32.2 Å². The largest absolute Gasteiger partial charge is 0.371 e. The number of anilines is 1. The number of halogens is 1. The number of carbonyl (C=O) groups excluding carboxylic acids is 1. The molecule has 0 aliphatic carbocycles. The molecule has 154 valence electrons. The first-order chi connectivity index (χ1) is 14.2. The number of carbonyl (C=O) groups is 1. The molecule has 1 amide bonds. The molecule has 0 atom stereocenters. The maximum Gasteiger partial charge on any atom is 0.223 e. The molecule has 1 N–H and O–H groups in total. The minimum atomic E-state index is -0.145. The van der Waals surface area contributed by atoms with Crippen LogP contribution in [-0.2, 0) is 17.8 Å². The van der Waals surface area contributed by atoms with Crippen molar-refractivity contribution in [2.24, 2.45) is 5.92 Å². The van der Waals surface area contributed by atoms with Gasteiger partial charge >= 0.3 is 0 Å². The first-order valence-electron chi connectivity index (χ1n) is 10.8. The van der Waals surface area contributed by atoms with Gasteiger partial charge in [-0.15, -0.1) is 0 Å². The van der Waals surface area contributed by atoms with Crippen LogP contribution in [0.5, 0.6) is 0 Å². The van der Waals surface area contributed by atoms with Crippen molar-refractivity contribution in [2.75, 3.05) is 37.6 Å². The third kappa shape index (κ3) is 4.96. The third-order valence-electron chi connectivity index (χ3n) is 6.20. The molecule has 2 aliphatic rings. The number of hydrogen-bond donors (Lipinski definition) is 1. The summed E-state index contributed by atoms with van der Waals surface area (Å²) in [6.45, 7) is 5.10. The van der Waals surface area contributed by atoms with E-state index in [0.717, 1.165) is 64.0 Å². The van der Waals surface area contributed by atoms with E-state index in [-0.39, 0.29) is 17.6 Å². The van der Waals surface area contributed by atoms with Crippen LogP contribution < -0.4 is 10.2 Å². The fraction of sp³-hybridized carbons (Fsp3) is 0.458. The normalized spacial score (nSPS) is 17.3. The van der Waals surface area contributed by atoms with Crippen LogP contribution in [-0.4, -0.2) is 43.5 Å². The fourth-order valence-corrected chi connectivity index (χ4v) is 4.49. The summed E-state index contributed by atoms with van der Waals surface area (Å²) in [5, 5.41) is 3.13. The maximum absolute atomic E-state index is 13.8. The number of hydrogen-bond acceptors (Lipinski definition) is 3. The molecule has 2 heterocycles. The Hall–Kier alpha value is -2.40. The Labute approximate surface area is 172 Å². The van der Waals surface area contributed by atoms with Gasteiger partial charge in [-0.1, -0.05) is 36.4 Å². The Balaban J connectivity index is 1.15. The minimum Gasteiger partial charge on any atom is -0.371 e. The molecule has 2 aromatic carbocycles. The molecule has 0 spiro atoms. The molecule has 0 radical (unpaired) electrons. The van der Waals surface area contributed by atoms with Gasteiger partial charge in [0.05, 0.1) is 0 Å². The van der Waals surface area contributed by atoms with E-state index in [1.54, 1.807) is 6.07 Å². The Morgan fingerprint density at radius 3 is 2.62 bits per heavy atom. The lowest BCUT2D eigenvalue weighted by atomic mass is 9.95. The van der Waals surface area contributed by atoms with Crippen LogP contribution in [0.25, 0.3) is 0 Å². The number of amides is 1. The zero-order valence-electron chi connectivity index (χ0n) is 16.9. The summed E-state index contributed by atoms with van der Waals surface area (Å²) in [7, 11) is 0. The van der Waals surface area contributed by atoms with Crippen LogP contribution in [0, 0.1) is 11.7 Å². The Bertz CT molecular complexity index is 832. The van der Waals surface area contributed by atoms with Gasteiger partial charge in [-0.2, -0.15) is 0 Å². The molecule has 1 saturated heterocycles. The molecular weight excluding hydrogens is 365 g/mol. The molecular formula is C24H30FN3O. The summed E-state index contributed by atoms with van der Waals surface area (Å²) in [5.41, 5.74) is 3.51. The zero-order valence-corrected chi connectivity index (χ0v) is 16.9. The molecule has 2 aromatic rings. The van der Waals surface area contributed by atoms with E-state index in [0.29, 0.717) is 6.54 Å². The first-order valence-corrected chi connectivity index (χ1v) is 10.8. The van der Waals surface area contributed by atoms with E-state index < -0.39 is 0 Å². The lowest BCUT2D eigenvalue weighted by Crippen LogP contribution is -2.41. The van der Waals surface area contributed by atoms with Crippen LogP contribution in [0.2, 0.25) is 0 Å². The molecule has 4 nitrogen and oxygen atoms in total. The number of rotatable bonds is 7. The second-order valence-corrected chi connectivity index (χ2v) is 8.15. The number of para-hydroxylation sites is 1. The predicted octanol–water partition coefficient (Wildman–Crippen LogP) is 3.61. The van der Waals surface area contributed by atoms with E-state index >= 15 is 0 Å². The number of benzene rings is 2. The summed E-state index contributed by atoms with van der Waals surface area (Å²) < 4.78 is 13.8. The van der Waals surface area contributed by atoms with Crippen molar-refractivity contribution < 1.29 is 9.18 Å². The van der Waals surface area contributed by atoms with Crippen LogP contribution in [0.3, 0.4) is 0 Å². The second-order valence-electron chi connectivity index (χ2n) is 8.15. The summed E-state index contributed by atoms with van der Waals surface area (Å²) in [5.74, 6) is 0.115. The summed E-state index contributed by atoms with van der Waals surface area (Å²) >= 11 is 0. The highest BCUT2D eigenvalue weighted by molar-refractivity contribution is 5.78. The van der Waals surface area contributed by atoms with E-state index in [4.69, 9.17) is 0 Å². The molecule has 0 bridgehead atoms. The van der Waals surface area contributed by atoms with Crippen LogP contribution in [0.15, 0.2) is 48.5 Å². The van der Waals surface area contributed by atoms with Gasteiger partial charge < -0.3 is 10.2 Å². The molecule has 1 fully saturated rings. The average molecular weight is 396 g/mol. The topological polar surface area (TPSA) is 35.6 Å². The number of fused-ring (bicyclic) bond motifs is 1. The maximum atomic E-state index is 13.8. The standard InChI is InChI=1S/C24H30FN3O/c25-22-8-3-1-7-21(22)18-27-15-10-20(11-16-27)24(29)26-13-5-14-28-17-12-19-6-2-4-9-23(19)28/h1-4,6-9,20H,5,10-18H2,(H,26,29). The van der Waals surface area contributed by atoms with Gasteiger partial charge in [0, 0.05) is 43.3 Å². The molecule has 29 heavy (non-hydrogen) atoms. The van der Waals surface area contributed by atoms with Crippen molar-refractivity contribution in [3.05, 3.63) is 65.5 Å². The monoisotopic (exact) mass is 395 g/mol. The van der Waals surface area contributed by atoms with E-state index in [9.17, 15) is 9.18 Å². The van der Waals surface area contributed by atoms with E-state index in [1.807, 2.05) is 12.1 Å². The van der Waals surface area contributed by atoms with Gasteiger partial charge in [0.2, 0.25) is 5.91 Å². The lowest BCUT2D eigenvalue weighted by Gasteiger charge is -2.31. The summed E-state index contributed by atoms with van der Waals surface area (Å²) in [6, 6.07) is 15.5. The highest BCUT2D eigenvalue weighted by Gasteiger charge is 2.25. The van der Waals surface area contributed by atoms with E-state index in [2.05, 4.69) is 39.4 Å². The van der Waals surface area contributed by atoms with Gasteiger partial charge in [-0.25, -0.2) is 4.39 Å². The highest BCUT2D eigenvalue weighted by Crippen LogP contribution is 2.27. The average Bonchev–Trinajstić information content (AvgIpc) is 3.16. The summed E-state index contributed by atoms with van der Waals surface area (Å²) in [6.07, 6.45) is 3.78. The quantitative estimate of drug-likeness (QED) is 0.728. The predicted molar refractivity (Wildman–Crippen MR) is 114 cm³/mol. The molecule has 0 saturated carbocycles. The van der Waals surface area contributed by atoms with Gasteiger partial charge in [0.1, 0.15) is 5.82 Å². The smallest absolute Gasteiger partial charge is 0.223 e. The highest BCUT2D eigenvalue weighted by atomic mass is 19.1. The van der Waals surface area contributed by atoms with Crippen molar-refractivity contribution in [1.29, 1.82) is 0 Å². The Kier molecular flexibility index (Phi) is 6.45. The van der Waals surface area contributed by atoms with Gasteiger partial charge in [0.15, 0.2) is 0 Å². The van der Waals surface area contributed by atoms with E-state index in [1.165, 1.54) is 17.3 Å². The van der Waals surface area contributed by atoms with Gasteiger partial charge in [-0.3, -0.25) is 9.69 Å². The molecule has 2 aliphatic heterocycles. The number of piperidine rings is 1. The molecule has 5 heteroatoms. The number of nitrogens with zero attached hydrogens (tertiary/aromatic N) is 2. The summed E-state index contributed by atoms with van der Waals surface area (Å²) in [4.78, 5) is 17.2. The van der Waals surface area contributed by atoms with Gasteiger partial charge in [-0.05, 0) is 56.5 Å². The zero-order chi connectivity index (χ0) is 20.1. The molecule has 0 unspecified atom stereocenters. The second kappa shape index (κ2) is 9.40. The van der Waals surface area contributed by atoms with Gasteiger partial charge in [0.25, 0.3) is 0 Å². The van der Waals surface area contributed by atoms with Crippen molar-refractivity contribution >= 4 is 11.6 Å².